The van der Waals surface area contributed by atoms with Gasteiger partial charge in [0.15, 0.2) is 6.10 Å². The van der Waals surface area contributed by atoms with E-state index in [2.05, 4.69) is 4.98 Å². The number of esters is 1. The first kappa shape index (κ1) is 18.8. The number of carbonyl (C=O) groups is 1. The molecule has 146 valence electrons. The Morgan fingerprint density at radius 3 is 2.31 bits per heavy atom. The number of nitrogens with one attached hydrogen (secondary N) is 1. The van der Waals surface area contributed by atoms with E-state index in [0.29, 0.717) is 12.2 Å². The number of carbonyl (C=O) groups excluding carboxylic acids is 1. The van der Waals surface area contributed by atoms with Gasteiger partial charge in [0.1, 0.15) is 12.4 Å². The Balaban J connectivity index is 1.56. The summed E-state index contributed by atoms with van der Waals surface area (Å²) >= 11 is 0. The molecule has 1 N–H and O–H groups in total. The molecule has 0 aliphatic heterocycles. The number of benzene rings is 3. The number of ether oxygens (including phenoxy) is 2. The second-order valence-corrected chi connectivity index (χ2v) is 7.06. The molecule has 4 aromatic rings. The van der Waals surface area contributed by atoms with Gasteiger partial charge >= 0.3 is 5.97 Å². The van der Waals surface area contributed by atoms with E-state index in [1.54, 1.807) is 0 Å². The standard InChI is InChI=1S/C25H23NO3/c1-18-15-21-22(26-18)13-8-14-23(21)29-24(16-19-9-4-2-5-10-19)25(27)28-17-20-11-6-3-7-12-20/h2-15,24,26H,16-17H2,1H3. The summed E-state index contributed by atoms with van der Waals surface area (Å²) in [5.74, 6) is 0.298. The van der Waals surface area contributed by atoms with Crippen LogP contribution >= 0.6 is 0 Å². The highest BCUT2D eigenvalue weighted by Gasteiger charge is 2.24. The minimum Gasteiger partial charge on any atom is -0.478 e. The third-order valence-corrected chi connectivity index (χ3v) is 4.78. The largest absolute Gasteiger partial charge is 0.478 e. The van der Waals surface area contributed by atoms with E-state index in [1.807, 2.05) is 91.9 Å². The zero-order chi connectivity index (χ0) is 20.1. The van der Waals surface area contributed by atoms with Crippen LogP contribution < -0.4 is 4.74 Å². The van der Waals surface area contributed by atoms with Crippen molar-refractivity contribution in [2.75, 3.05) is 0 Å². The Bertz CT molecular complexity index is 1090. The van der Waals surface area contributed by atoms with Crippen LogP contribution in [0, 0.1) is 6.92 Å². The number of aromatic amines is 1. The van der Waals surface area contributed by atoms with Crippen LogP contribution in [-0.2, 0) is 22.6 Å². The maximum Gasteiger partial charge on any atom is 0.348 e. The molecule has 1 aromatic heterocycles. The summed E-state index contributed by atoms with van der Waals surface area (Å²) in [4.78, 5) is 16.2. The SMILES string of the molecule is Cc1cc2c(OC(Cc3ccccc3)C(=O)OCc3ccccc3)cccc2[nH]1. The molecule has 0 aliphatic carbocycles. The van der Waals surface area contributed by atoms with E-state index in [-0.39, 0.29) is 12.6 Å². The lowest BCUT2D eigenvalue weighted by Gasteiger charge is -2.19. The Labute approximate surface area is 170 Å². The minimum absolute atomic E-state index is 0.224. The number of aryl methyl sites for hydroxylation is 1. The number of hydrogen-bond acceptors (Lipinski definition) is 3. The monoisotopic (exact) mass is 385 g/mol. The highest BCUT2D eigenvalue weighted by Crippen LogP contribution is 2.28. The van der Waals surface area contributed by atoms with Gasteiger partial charge in [-0.05, 0) is 36.2 Å². The van der Waals surface area contributed by atoms with E-state index in [0.717, 1.165) is 27.7 Å². The molecule has 0 spiro atoms. The fourth-order valence-electron chi connectivity index (χ4n) is 3.35. The Hall–Kier alpha value is -3.53. The van der Waals surface area contributed by atoms with Crippen molar-refractivity contribution >= 4 is 16.9 Å². The van der Waals surface area contributed by atoms with Crippen LogP contribution in [0.15, 0.2) is 84.9 Å². The van der Waals surface area contributed by atoms with E-state index in [9.17, 15) is 4.79 Å². The second kappa shape index (κ2) is 8.65. The van der Waals surface area contributed by atoms with Crippen molar-refractivity contribution in [1.82, 2.24) is 4.98 Å². The summed E-state index contributed by atoms with van der Waals surface area (Å²) in [5, 5.41) is 0.957. The van der Waals surface area contributed by atoms with Gasteiger partial charge in [-0.2, -0.15) is 0 Å². The summed E-state index contributed by atoms with van der Waals surface area (Å²) in [6.07, 6.45) is -0.296. The molecular formula is C25H23NO3. The number of fused-ring (bicyclic) bond motifs is 1. The quantitative estimate of drug-likeness (QED) is 0.444. The maximum atomic E-state index is 12.9. The Morgan fingerprint density at radius 2 is 1.59 bits per heavy atom. The van der Waals surface area contributed by atoms with Crippen LogP contribution in [-0.4, -0.2) is 17.1 Å². The van der Waals surface area contributed by atoms with Gasteiger partial charge in [-0.25, -0.2) is 4.79 Å². The van der Waals surface area contributed by atoms with E-state index < -0.39 is 6.10 Å². The zero-order valence-electron chi connectivity index (χ0n) is 16.3. The molecule has 4 rings (SSSR count). The molecule has 0 saturated heterocycles. The fourth-order valence-corrected chi connectivity index (χ4v) is 3.35. The van der Waals surface area contributed by atoms with Crippen molar-refractivity contribution in [3.8, 4) is 5.75 Å². The average molecular weight is 385 g/mol. The molecule has 0 amide bonds. The molecule has 4 heteroatoms. The van der Waals surface area contributed by atoms with Crippen molar-refractivity contribution in [3.63, 3.8) is 0 Å². The van der Waals surface area contributed by atoms with Crippen LogP contribution in [0.3, 0.4) is 0 Å². The number of H-pyrrole nitrogens is 1. The molecule has 1 atom stereocenters. The van der Waals surface area contributed by atoms with Gasteiger partial charge < -0.3 is 14.5 Å². The topological polar surface area (TPSA) is 51.3 Å². The molecule has 0 radical (unpaired) electrons. The first-order valence-corrected chi connectivity index (χ1v) is 9.68. The second-order valence-electron chi connectivity index (χ2n) is 7.06. The van der Waals surface area contributed by atoms with Crippen LogP contribution in [0.4, 0.5) is 0 Å². The Kier molecular flexibility index (Phi) is 5.61. The lowest BCUT2D eigenvalue weighted by molar-refractivity contribution is -0.153. The van der Waals surface area contributed by atoms with Crippen molar-refractivity contribution in [2.45, 2.75) is 26.1 Å². The predicted molar refractivity (Wildman–Crippen MR) is 114 cm³/mol. The molecule has 0 saturated carbocycles. The minimum atomic E-state index is -0.734. The van der Waals surface area contributed by atoms with Gasteiger partial charge in [0, 0.05) is 23.0 Å². The molecule has 0 bridgehead atoms. The van der Waals surface area contributed by atoms with E-state index in [4.69, 9.17) is 9.47 Å². The maximum absolute atomic E-state index is 12.9. The summed E-state index contributed by atoms with van der Waals surface area (Å²) in [6.45, 7) is 2.22. The summed E-state index contributed by atoms with van der Waals surface area (Å²) < 4.78 is 11.8. The molecule has 3 aromatic carbocycles. The summed E-state index contributed by atoms with van der Waals surface area (Å²) in [6, 6.07) is 27.3. The Morgan fingerprint density at radius 1 is 0.897 bits per heavy atom. The van der Waals surface area contributed by atoms with Gasteiger partial charge in [-0.3, -0.25) is 0 Å². The number of hydrogen-bond donors (Lipinski definition) is 1. The van der Waals surface area contributed by atoms with Crippen LogP contribution in [0.5, 0.6) is 5.75 Å². The van der Waals surface area contributed by atoms with Gasteiger partial charge in [0.05, 0.1) is 0 Å². The van der Waals surface area contributed by atoms with Gasteiger partial charge in [-0.15, -0.1) is 0 Å². The molecule has 0 fully saturated rings. The number of aromatic nitrogens is 1. The van der Waals surface area contributed by atoms with Crippen molar-refractivity contribution in [3.05, 3.63) is 102 Å². The van der Waals surface area contributed by atoms with Crippen molar-refractivity contribution < 1.29 is 14.3 Å². The highest BCUT2D eigenvalue weighted by atomic mass is 16.6. The lowest BCUT2D eigenvalue weighted by Crippen LogP contribution is -2.31. The third-order valence-electron chi connectivity index (χ3n) is 4.78. The predicted octanol–water partition coefficient (Wildman–Crippen LogP) is 5.21. The zero-order valence-corrected chi connectivity index (χ0v) is 16.3. The fraction of sp³-hybridized carbons (Fsp3) is 0.160. The van der Waals surface area contributed by atoms with E-state index in [1.165, 1.54) is 0 Å². The summed E-state index contributed by atoms with van der Waals surface area (Å²) in [7, 11) is 0. The summed E-state index contributed by atoms with van der Waals surface area (Å²) in [5.41, 5.74) is 3.99. The van der Waals surface area contributed by atoms with Crippen LogP contribution in [0.1, 0.15) is 16.8 Å². The average Bonchev–Trinajstić information content (AvgIpc) is 3.14. The smallest absolute Gasteiger partial charge is 0.348 e. The highest BCUT2D eigenvalue weighted by molar-refractivity contribution is 5.87. The normalized spacial score (nSPS) is 11.9. The van der Waals surface area contributed by atoms with Crippen LogP contribution in [0.25, 0.3) is 10.9 Å². The molecule has 4 nitrogen and oxygen atoms in total. The molecular weight excluding hydrogens is 362 g/mol. The molecule has 0 aliphatic rings. The molecule has 1 heterocycles. The van der Waals surface area contributed by atoms with Crippen molar-refractivity contribution in [2.24, 2.45) is 0 Å². The number of rotatable bonds is 7. The van der Waals surface area contributed by atoms with Gasteiger partial charge in [0.25, 0.3) is 0 Å². The molecule has 29 heavy (non-hydrogen) atoms. The van der Waals surface area contributed by atoms with Gasteiger partial charge in [-0.1, -0.05) is 66.7 Å². The first-order valence-electron chi connectivity index (χ1n) is 9.68. The third kappa shape index (κ3) is 4.66. The van der Waals surface area contributed by atoms with Crippen molar-refractivity contribution in [1.29, 1.82) is 0 Å². The molecule has 1 unspecified atom stereocenters. The lowest BCUT2D eigenvalue weighted by atomic mass is 10.1. The van der Waals surface area contributed by atoms with Gasteiger partial charge in [0.2, 0.25) is 0 Å². The van der Waals surface area contributed by atoms with E-state index >= 15 is 0 Å². The first-order chi connectivity index (χ1) is 14.2. The van der Waals surface area contributed by atoms with Crippen LogP contribution in [0.2, 0.25) is 0 Å².